The Morgan fingerprint density at radius 2 is 1.82 bits per heavy atom. The number of hydrogen-bond donors (Lipinski definition) is 1. The number of aromatic nitrogens is 1. The number of thioether (sulfide) groups is 1. The first-order valence-electron chi connectivity index (χ1n) is 12.2. The van der Waals surface area contributed by atoms with E-state index in [-0.39, 0.29) is 30.2 Å². The number of carbonyl (C=O) groups is 1. The molecular weight excluding hydrogens is 512 g/mol. The third-order valence-corrected chi connectivity index (χ3v) is 8.71. The summed E-state index contributed by atoms with van der Waals surface area (Å²) < 4.78 is 37.1. The van der Waals surface area contributed by atoms with Crippen LogP contribution in [0.1, 0.15) is 33.2 Å². The highest BCUT2D eigenvalue weighted by molar-refractivity contribution is 7.98. The lowest BCUT2D eigenvalue weighted by Gasteiger charge is -2.51. The van der Waals surface area contributed by atoms with Crippen molar-refractivity contribution in [1.82, 2.24) is 9.58 Å². The minimum Gasteiger partial charge on any atom is -0.502 e. The fourth-order valence-electron chi connectivity index (χ4n) is 5.78. The van der Waals surface area contributed by atoms with Crippen LogP contribution in [-0.4, -0.2) is 46.5 Å². The molecule has 0 radical (unpaired) electrons. The molecule has 0 aliphatic carbocycles. The third-order valence-electron chi connectivity index (χ3n) is 7.53. The van der Waals surface area contributed by atoms with E-state index in [1.807, 2.05) is 41.4 Å². The van der Waals surface area contributed by atoms with E-state index in [0.717, 1.165) is 27.3 Å². The molecule has 4 aromatic rings. The van der Waals surface area contributed by atoms with Crippen LogP contribution in [0.25, 0.3) is 10.8 Å². The number of ether oxygens (including phenoxy) is 1. The number of halogens is 2. The Morgan fingerprint density at radius 1 is 1.00 bits per heavy atom. The van der Waals surface area contributed by atoms with Crippen molar-refractivity contribution in [2.75, 3.05) is 24.8 Å². The molecule has 1 N–H and O–H groups in total. The lowest BCUT2D eigenvalue weighted by Crippen LogP contribution is -2.66. The fraction of sp³-hybridized carbons (Fsp3) is 0.214. The zero-order valence-electron chi connectivity index (χ0n) is 19.9. The van der Waals surface area contributed by atoms with Gasteiger partial charge in [-0.3, -0.25) is 19.3 Å². The molecule has 0 saturated carbocycles. The average molecular weight is 534 g/mol. The number of hydrogen-bond acceptors (Lipinski definition) is 6. The summed E-state index contributed by atoms with van der Waals surface area (Å²) in [5.41, 5.74) is 0.760. The van der Waals surface area contributed by atoms with E-state index < -0.39 is 40.9 Å². The maximum atomic E-state index is 15.4. The molecule has 1 fully saturated rings. The molecule has 0 bridgehead atoms. The SMILES string of the molecule is O=C1c2c(O)c(=O)ccn2N([C@H]2c3ccc(F)c(F)c3CSc3c2ccc2ccccc32)[C@@H]2COCCN12. The second-order valence-corrected chi connectivity index (χ2v) is 10.5. The summed E-state index contributed by atoms with van der Waals surface area (Å²) in [6, 6.07) is 15.0. The van der Waals surface area contributed by atoms with E-state index in [1.54, 1.807) is 11.0 Å². The number of pyridine rings is 1. The molecule has 3 aliphatic heterocycles. The van der Waals surface area contributed by atoms with E-state index >= 15 is 4.39 Å². The zero-order chi connectivity index (χ0) is 26.1. The number of aromatic hydroxyl groups is 1. The Morgan fingerprint density at radius 3 is 2.68 bits per heavy atom. The highest BCUT2D eigenvalue weighted by atomic mass is 32.2. The Labute approximate surface area is 219 Å². The van der Waals surface area contributed by atoms with Crippen LogP contribution in [0, 0.1) is 11.6 Å². The van der Waals surface area contributed by atoms with E-state index in [1.165, 1.54) is 28.7 Å². The zero-order valence-corrected chi connectivity index (χ0v) is 20.8. The molecule has 2 atom stereocenters. The van der Waals surface area contributed by atoms with Gasteiger partial charge in [0.1, 0.15) is 6.17 Å². The predicted octanol–water partition coefficient (Wildman–Crippen LogP) is 4.13. The Kier molecular flexibility index (Phi) is 5.24. The van der Waals surface area contributed by atoms with Crippen LogP contribution in [0.2, 0.25) is 0 Å². The van der Waals surface area contributed by atoms with Crippen LogP contribution in [0.3, 0.4) is 0 Å². The van der Waals surface area contributed by atoms with Gasteiger partial charge in [-0.25, -0.2) is 8.78 Å². The van der Waals surface area contributed by atoms with Gasteiger partial charge in [-0.05, 0) is 28.0 Å². The molecule has 7 nitrogen and oxygen atoms in total. The monoisotopic (exact) mass is 533 g/mol. The van der Waals surface area contributed by atoms with Crippen LogP contribution >= 0.6 is 11.8 Å². The van der Waals surface area contributed by atoms with Gasteiger partial charge in [0.15, 0.2) is 23.1 Å². The van der Waals surface area contributed by atoms with Crippen molar-refractivity contribution in [3.05, 3.63) is 105 Å². The largest absolute Gasteiger partial charge is 0.502 e. The van der Waals surface area contributed by atoms with Crippen molar-refractivity contribution >= 4 is 28.4 Å². The molecule has 192 valence electrons. The smallest absolute Gasteiger partial charge is 0.278 e. The topological polar surface area (TPSA) is 75.0 Å². The highest BCUT2D eigenvalue weighted by Gasteiger charge is 2.46. The van der Waals surface area contributed by atoms with E-state index in [2.05, 4.69) is 0 Å². The predicted molar refractivity (Wildman–Crippen MR) is 138 cm³/mol. The molecule has 3 aliphatic rings. The second kappa shape index (κ2) is 8.57. The number of benzene rings is 3. The van der Waals surface area contributed by atoms with Crippen molar-refractivity contribution in [2.24, 2.45) is 0 Å². The van der Waals surface area contributed by atoms with Crippen molar-refractivity contribution in [3.8, 4) is 5.75 Å². The normalized spacial score (nSPS) is 20.4. The first kappa shape index (κ1) is 23.2. The van der Waals surface area contributed by atoms with Gasteiger partial charge in [0.05, 0.1) is 19.3 Å². The maximum absolute atomic E-state index is 15.4. The summed E-state index contributed by atoms with van der Waals surface area (Å²) in [6.45, 7) is 0.703. The van der Waals surface area contributed by atoms with Gasteiger partial charge in [-0.2, -0.15) is 0 Å². The van der Waals surface area contributed by atoms with Crippen molar-refractivity contribution in [2.45, 2.75) is 22.9 Å². The van der Waals surface area contributed by atoms with Gasteiger partial charge >= 0.3 is 0 Å². The summed E-state index contributed by atoms with van der Waals surface area (Å²) in [7, 11) is 0. The molecule has 7 rings (SSSR count). The van der Waals surface area contributed by atoms with Crippen LogP contribution < -0.4 is 10.4 Å². The first-order valence-corrected chi connectivity index (χ1v) is 13.2. The van der Waals surface area contributed by atoms with Crippen molar-refractivity contribution in [1.29, 1.82) is 0 Å². The standard InChI is InChI=1S/C28H21F2N3O4S/c29-20-8-7-17-19(23(20)30)14-38-27-16-4-2-1-3-15(16)5-6-18(27)24(17)33-22-13-37-12-11-31(22)28(36)25-26(35)21(34)9-10-32(25)33/h1-10,22,24,35H,11-14H2/t22-,24+/m1/s1. The Balaban J connectivity index is 1.57. The number of fused-ring (bicyclic) bond motifs is 6. The van der Waals surface area contributed by atoms with Crippen molar-refractivity contribution < 1.29 is 23.4 Å². The van der Waals surface area contributed by atoms with Gasteiger partial charge < -0.3 is 14.7 Å². The number of rotatable bonds is 1. The molecule has 1 saturated heterocycles. The fourth-order valence-corrected chi connectivity index (χ4v) is 7.04. The van der Waals surface area contributed by atoms with Gasteiger partial charge in [-0.15, -0.1) is 11.8 Å². The van der Waals surface area contributed by atoms with Gasteiger partial charge in [0.25, 0.3) is 5.91 Å². The molecule has 10 heteroatoms. The molecule has 38 heavy (non-hydrogen) atoms. The van der Waals surface area contributed by atoms with Gasteiger partial charge in [0.2, 0.25) is 5.43 Å². The van der Waals surface area contributed by atoms with Crippen LogP contribution in [0.15, 0.2) is 70.5 Å². The summed E-state index contributed by atoms with van der Waals surface area (Å²) in [6.07, 6.45) is 0.818. The van der Waals surface area contributed by atoms with E-state index in [9.17, 15) is 19.1 Å². The Hall–Kier alpha value is -3.89. The van der Waals surface area contributed by atoms with Crippen LogP contribution in [-0.2, 0) is 10.5 Å². The molecule has 1 amide bonds. The number of nitrogens with zero attached hydrogens (tertiary/aromatic N) is 3. The van der Waals surface area contributed by atoms with Crippen molar-refractivity contribution in [3.63, 3.8) is 0 Å². The first-order chi connectivity index (χ1) is 18.5. The Bertz CT molecular complexity index is 1710. The number of carbonyl (C=O) groups excluding carboxylic acids is 1. The summed E-state index contributed by atoms with van der Waals surface area (Å²) in [5, 5.41) is 14.6. The lowest BCUT2D eigenvalue weighted by atomic mass is 9.91. The van der Waals surface area contributed by atoms with Gasteiger partial charge in [-0.1, -0.05) is 42.5 Å². The van der Waals surface area contributed by atoms with Crippen LogP contribution in [0.4, 0.5) is 8.78 Å². The second-order valence-electron chi connectivity index (χ2n) is 9.48. The minimum atomic E-state index is -0.933. The van der Waals surface area contributed by atoms with Gasteiger partial charge in [0, 0.05) is 35.0 Å². The summed E-state index contributed by atoms with van der Waals surface area (Å²) >= 11 is 1.44. The molecule has 4 heterocycles. The quantitative estimate of drug-likeness (QED) is 0.397. The minimum absolute atomic E-state index is 0.156. The number of amides is 1. The molecular formula is C28H21F2N3O4S. The van der Waals surface area contributed by atoms with E-state index in [4.69, 9.17) is 4.74 Å². The van der Waals surface area contributed by atoms with E-state index in [0.29, 0.717) is 12.2 Å². The molecule has 0 unspecified atom stereocenters. The molecule has 1 aromatic heterocycles. The highest BCUT2D eigenvalue weighted by Crippen LogP contribution is 2.47. The van der Waals surface area contributed by atoms with Crippen LogP contribution in [0.5, 0.6) is 5.75 Å². The average Bonchev–Trinajstić information content (AvgIpc) is 3.10. The third kappa shape index (κ3) is 3.23. The summed E-state index contributed by atoms with van der Waals surface area (Å²) in [4.78, 5) is 28.4. The maximum Gasteiger partial charge on any atom is 0.278 e. The molecule has 0 spiro atoms. The molecule has 3 aromatic carbocycles. The lowest BCUT2D eigenvalue weighted by molar-refractivity contribution is -0.0197. The number of morpholine rings is 1. The summed E-state index contributed by atoms with van der Waals surface area (Å²) in [5.74, 6) is -2.78.